The second kappa shape index (κ2) is 6.74. The molecule has 3 N–H and O–H groups in total. The fourth-order valence-corrected chi connectivity index (χ4v) is 2.89. The monoisotopic (exact) mass is 377 g/mol. The summed E-state index contributed by atoms with van der Waals surface area (Å²) in [7, 11) is 0. The summed E-state index contributed by atoms with van der Waals surface area (Å²) < 4.78 is 0. The van der Waals surface area contributed by atoms with Gasteiger partial charge in [0.25, 0.3) is 5.91 Å². The number of anilines is 2. The van der Waals surface area contributed by atoms with E-state index in [0.717, 1.165) is 5.69 Å². The number of aromatic nitrogens is 4. The van der Waals surface area contributed by atoms with Crippen LogP contribution in [0.2, 0.25) is 5.02 Å². The molecule has 1 aromatic carbocycles. The van der Waals surface area contributed by atoms with Crippen LogP contribution < -0.4 is 11.1 Å². The first kappa shape index (κ1) is 17.1. The lowest BCUT2D eigenvalue weighted by molar-refractivity contribution is 0.0992. The summed E-state index contributed by atoms with van der Waals surface area (Å²) in [6.45, 7) is 0. The third-order valence-corrected chi connectivity index (χ3v) is 4.60. The molecule has 0 atom stereocenters. The SMILES string of the molecule is C#Cc1cnc(-c2ccc(Cl)c(C([NH])=O)c2)nc1Nc1cc(C2CC2)[nH]n1. The topological polar surface area (TPSA) is 107 Å². The number of nitrogens with zero attached hydrogens (tertiary/aromatic N) is 3. The van der Waals surface area contributed by atoms with Gasteiger partial charge in [-0.05, 0) is 31.0 Å². The highest BCUT2D eigenvalue weighted by atomic mass is 35.5. The van der Waals surface area contributed by atoms with Crippen LogP contribution in [0.5, 0.6) is 0 Å². The molecule has 0 unspecified atom stereocenters. The predicted octanol–water partition coefficient (Wildman–Crippen LogP) is 3.55. The van der Waals surface area contributed by atoms with Crippen molar-refractivity contribution in [1.29, 1.82) is 0 Å². The van der Waals surface area contributed by atoms with Crippen molar-refractivity contribution in [2.45, 2.75) is 18.8 Å². The highest BCUT2D eigenvalue weighted by Gasteiger charge is 2.25. The first-order valence-corrected chi connectivity index (χ1v) is 8.65. The molecule has 1 amide bonds. The van der Waals surface area contributed by atoms with E-state index < -0.39 is 5.91 Å². The molecule has 1 aliphatic rings. The first-order chi connectivity index (χ1) is 13.0. The van der Waals surface area contributed by atoms with E-state index in [1.807, 2.05) is 6.07 Å². The molecule has 2 heterocycles. The zero-order valence-corrected chi connectivity index (χ0v) is 14.8. The van der Waals surface area contributed by atoms with Crippen molar-refractivity contribution >= 4 is 29.1 Å². The number of carbonyl (C=O) groups excluding carboxylic acids is 1. The Kier molecular flexibility index (Phi) is 4.26. The number of halogens is 1. The van der Waals surface area contributed by atoms with Crippen LogP contribution in [0.15, 0.2) is 30.5 Å². The smallest absolute Gasteiger partial charge is 0.271 e. The fraction of sp³-hybridized carbons (Fsp3) is 0.158. The second-order valence-corrected chi connectivity index (χ2v) is 6.64. The van der Waals surface area contributed by atoms with Gasteiger partial charge in [0.15, 0.2) is 17.5 Å². The number of amides is 1. The highest BCUT2D eigenvalue weighted by Crippen LogP contribution is 2.39. The number of aromatic amines is 1. The van der Waals surface area contributed by atoms with Gasteiger partial charge in [0.2, 0.25) is 0 Å². The number of hydrogen-bond acceptors (Lipinski definition) is 5. The van der Waals surface area contributed by atoms with Crippen molar-refractivity contribution in [3.05, 3.63) is 52.3 Å². The third-order valence-electron chi connectivity index (χ3n) is 4.27. The minimum absolute atomic E-state index is 0.0923. The summed E-state index contributed by atoms with van der Waals surface area (Å²) in [5.41, 5.74) is 9.53. The molecule has 4 rings (SSSR count). The summed E-state index contributed by atoms with van der Waals surface area (Å²) in [4.78, 5) is 20.1. The molecule has 0 aliphatic heterocycles. The van der Waals surface area contributed by atoms with Crippen molar-refractivity contribution < 1.29 is 4.79 Å². The van der Waals surface area contributed by atoms with Crippen molar-refractivity contribution in [2.24, 2.45) is 0 Å². The van der Waals surface area contributed by atoms with E-state index in [0.29, 0.717) is 34.5 Å². The van der Waals surface area contributed by atoms with E-state index in [1.54, 1.807) is 12.1 Å². The van der Waals surface area contributed by atoms with Gasteiger partial charge >= 0.3 is 0 Å². The molecular weight excluding hydrogens is 364 g/mol. The molecule has 0 bridgehead atoms. The van der Waals surface area contributed by atoms with Crippen LogP contribution in [0.25, 0.3) is 11.4 Å². The van der Waals surface area contributed by atoms with E-state index >= 15 is 0 Å². The molecule has 8 heteroatoms. The quantitative estimate of drug-likeness (QED) is 0.661. The summed E-state index contributed by atoms with van der Waals surface area (Å²) in [5, 5.41) is 10.6. The number of hydrogen-bond donors (Lipinski definition) is 2. The normalized spacial score (nSPS) is 13.2. The largest absolute Gasteiger partial charge is 0.322 e. The zero-order valence-electron chi connectivity index (χ0n) is 14.1. The Balaban J connectivity index is 1.69. The van der Waals surface area contributed by atoms with Crippen LogP contribution in [-0.4, -0.2) is 26.1 Å². The van der Waals surface area contributed by atoms with Crippen molar-refractivity contribution in [3.63, 3.8) is 0 Å². The van der Waals surface area contributed by atoms with Gasteiger partial charge in [-0.25, -0.2) is 9.97 Å². The van der Waals surface area contributed by atoms with Gasteiger partial charge < -0.3 is 5.32 Å². The Labute approximate surface area is 160 Å². The predicted molar refractivity (Wildman–Crippen MR) is 102 cm³/mol. The van der Waals surface area contributed by atoms with Crippen LogP contribution in [0.3, 0.4) is 0 Å². The van der Waals surface area contributed by atoms with E-state index in [2.05, 4.69) is 31.4 Å². The molecule has 1 radical (unpaired) electrons. The number of terminal acetylenes is 1. The number of carbonyl (C=O) groups is 1. The van der Waals surface area contributed by atoms with Crippen molar-refractivity contribution in [2.75, 3.05) is 5.32 Å². The van der Waals surface area contributed by atoms with Crippen LogP contribution in [0.4, 0.5) is 11.6 Å². The zero-order chi connectivity index (χ0) is 19.0. The molecule has 1 aliphatic carbocycles. The molecular formula is C19H14ClN6O. The average Bonchev–Trinajstić information content (AvgIpc) is 3.41. The second-order valence-electron chi connectivity index (χ2n) is 6.23. The Hall–Kier alpha value is -3.37. The van der Waals surface area contributed by atoms with E-state index in [-0.39, 0.29) is 10.6 Å². The Bertz CT molecular complexity index is 1080. The van der Waals surface area contributed by atoms with Gasteiger partial charge in [-0.2, -0.15) is 5.10 Å². The molecule has 2 aromatic heterocycles. The molecule has 1 saturated carbocycles. The summed E-state index contributed by atoms with van der Waals surface area (Å²) in [5.74, 6) is 3.64. The maximum Gasteiger partial charge on any atom is 0.271 e. The van der Waals surface area contributed by atoms with Crippen LogP contribution in [-0.2, 0) is 0 Å². The number of rotatable bonds is 5. The Morgan fingerprint density at radius 1 is 1.37 bits per heavy atom. The first-order valence-electron chi connectivity index (χ1n) is 8.27. The molecule has 0 saturated heterocycles. The van der Waals surface area contributed by atoms with Gasteiger partial charge in [0, 0.05) is 29.4 Å². The number of H-pyrrole nitrogens is 1. The summed E-state index contributed by atoms with van der Waals surface area (Å²) in [6, 6.07) is 6.66. The van der Waals surface area contributed by atoms with E-state index in [1.165, 1.54) is 25.1 Å². The average molecular weight is 378 g/mol. The minimum Gasteiger partial charge on any atom is -0.322 e. The van der Waals surface area contributed by atoms with Crippen LogP contribution in [0.1, 0.15) is 40.4 Å². The van der Waals surface area contributed by atoms with Crippen LogP contribution >= 0.6 is 11.6 Å². The maximum atomic E-state index is 11.4. The maximum absolute atomic E-state index is 11.4. The third kappa shape index (κ3) is 3.48. The lowest BCUT2D eigenvalue weighted by atomic mass is 10.1. The number of nitrogens with one attached hydrogen (secondary N) is 3. The summed E-state index contributed by atoms with van der Waals surface area (Å²) in [6.07, 6.45) is 9.42. The lowest BCUT2D eigenvalue weighted by Crippen LogP contribution is -2.03. The molecule has 133 valence electrons. The standard InChI is InChI=1S/C19H14ClN6O/c1-2-10-9-22-18(12-5-6-14(20)13(7-12)17(21)27)24-19(10)23-16-8-15(25-26-16)11-3-4-11/h1,5-9,11,21H,3-4H2,(H2,22,23,24,25,26). The van der Waals surface area contributed by atoms with Crippen molar-refractivity contribution in [1.82, 2.24) is 25.9 Å². The Morgan fingerprint density at radius 2 is 2.19 bits per heavy atom. The number of benzene rings is 1. The molecule has 1 fully saturated rings. The van der Waals surface area contributed by atoms with Crippen LogP contribution in [0, 0.1) is 12.3 Å². The van der Waals surface area contributed by atoms with Gasteiger partial charge in [-0.3, -0.25) is 15.6 Å². The van der Waals surface area contributed by atoms with Gasteiger partial charge in [0.1, 0.15) is 0 Å². The van der Waals surface area contributed by atoms with Gasteiger partial charge in [0.05, 0.1) is 16.1 Å². The minimum atomic E-state index is -0.871. The van der Waals surface area contributed by atoms with E-state index in [9.17, 15) is 4.79 Å². The molecule has 27 heavy (non-hydrogen) atoms. The fourth-order valence-electron chi connectivity index (χ4n) is 2.69. The molecule has 7 nitrogen and oxygen atoms in total. The van der Waals surface area contributed by atoms with E-state index in [4.69, 9.17) is 23.8 Å². The summed E-state index contributed by atoms with van der Waals surface area (Å²) >= 11 is 5.97. The van der Waals surface area contributed by atoms with Gasteiger partial charge in [-0.1, -0.05) is 17.5 Å². The highest BCUT2D eigenvalue weighted by molar-refractivity contribution is 6.33. The van der Waals surface area contributed by atoms with Gasteiger partial charge in [-0.15, -0.1) is 6.42 Å². The lowest BCUT2D eigenvalue weighted by Gasteiger charge is -2.08. The Morgan fingerprint density at radius 3 is 2.89 bits per heavy atom. The van der Waals surface area contributed by atoms with Crippen molar-refractivity contribution in [3.8, 4) is 23.7 Å². The molecule has 0 spiro atoms. The molecule has 3 aromatic rings.